The predicted molar refractivity (Wildman–Crippen MR) is 82.6 cm³/mol. The number of ether oxygens (including phenoxy) is 1. The number of halogens is 2. The average Bonchev–Trinajstić information content (AvgIpc) is 2.48. The Labute approximate surface area is 132 Å². The number of hydrogen-bond donors (Lipinski definition) is 2. The van der Waals surface area contributed by atoms with Gasteiger partial charge in [-0.15, -0.1) is 0 Å². The minimum Gasteiger partial charge on any atom is -0.376 e. The molecular weight excluding hydrogens is 339 g/mol. The van der Waals surface area contributed by atoms with Crippen molar-refractivity contribution >= 4 is 21.8 Å². The van der Waals surface area contributed by atoms with Gasteiger partial charge in [0.25, 0.3) is 5.91 Å². The molecule has 0 heterocycles. The molecule has 1 fully saturated rings. The first-order valence-corrected chi connectivity index (χ1v) is 7.96. The molecule has 0 aliphatic heterocycles. The van der Waals surface area contributed by atoms with Gasteiger partial charge in [0.05, 0.1) is 17.2 Å². The lowest BCUT2D eigenvalue weighted by Gasteiger charge is -2.26. The number of hydrogen-bond acceptors (Lipinski definition) is 3. The van der Waals surface area contributed by atoms with Crippen LogP contribution in [0.1, 0.15) is 36.0 Å². The van der Waals surface area contributed by atoms with E-state index in [1.54, 1.807) is 0 Å². The Kier molecular flexibility index (Phi) is 6.14. The van der Waals surface area contributed by atoms with Crippen molar-refractivity contribution in [1.29, 1.82) is 0 Å². The van der Waals surface area contributed by atoms with Crippen LogP contribution in [0, 0.1) is 5.82 Å². The van der Waals surface area contributed by atoms with Gasteiger partial charge in [-0.1, -0.05) is 0 Å². The standard InChI is InChI=1S/C15H20BrFN2O2/c16-13-9-10(1-6-14(13)17)15(20)19-7-8-21-12-4-2-11(18)3-5-12/h1,6,9,11-12H,2-5,7-8,18H2,(H,19,20). The molecule has 0 atom stereocenters. The lowest BCUT2D eigenvalue weighted by atomic mass is 9.94. The highest BCUT2D eigenvalue weighted by Gasteiger charge is 2.18. The fourth-order valence-corrected chi connectivity index (χ4v) is 2.76. The van der Waals surface area contributed by atoms with E-state index in [9.17, 15) is 9.18 Å². The van der Waals surface area contributed by atoms with E-state index >= 15 is 0 Å². The fourth-order valence-electron chi connectivity index (χ4n) is 2.38. The molecule has 0 spiro atoms. The van der Waals surface area contributed by atoms with Gasteiger partial charge in [0.2, 0.25) is 0 Å². The van der Waals surface area contributed by atoms with Gasteiger partial charge in [-0.2, -0.15) is 0 Å². The highest BCUT2D eigenvalue weighted by atomic mass is 79.9. The van der Waals surface area contributed by atoms with Crippen molar-refractivity contribution in [2.45, 2.75) is 37.8 Å². The molecule has 3 N–H and O–H groups in total. The largest absolute Gasteiger partial charge is 0.376 e. The summed E-state index contributed by atoms with van der Waals surface area (Å²) in [6.45, 7) is 0.921. The summed E-state index contributed by atoms with van der Waals surface area (Å²) in [5, 5.41) is 2.76. The molecule has 2 rings (SSSR count). The third-order valence-corrected chi connectivity index (χ3v) is 4.25. The van der Waals surface area contributed by atoms with Crippen LogP contribution in [0.25, 0.3) is 0 Å². The molecule has 1 saturated carbocycles. The van der Waals surface area contributed by atoms with Gasteiger partial charge in [0.15, 0.2) is 0 Å². The third-order valence-electron chi connectivity index (χ3n) is 3.64. The van der Waals surface area contributed by atoms with Crippen molar-refractivity contribution in [3.8, 4) is 0 Å². The van der Waals surface area contributed by atoms with Gasteiger partial charge < -0.3 is 15.8 Å². The van der Waals surface area contributed by atoms with Crippen molar-refractivity contribution < 1.29 is 13.9 Å². The second-order valence-electron chi connectivity index (χ2n) is 5.29. The van der Waals surface area contributed by atoms with Crippen LogP contribution in [-0.4, -0.2) is 31.2 Å². The van der Waals surface area contributed by atoms with Gasteiger partial charge in [-0.3, -0.25) is 4.79 Å². The van der Waals surface area contributed by atoms with E-state index in [2.05, 4.69) is 21.2 Å². The van der Waals surface area contributed by atoms with Gasteiger partial charge in [0.1, 0.15) is 5.82 Å². The van der Waals surface area contributed by atoms with E-state index in [4.69, 9.17) is 10.5 Å². The highest BCUT2D eigenvalue weighted by molar-refractivity contribution is 9.10. The lowest BCUT2D eigenvalue weighted by molar-refractivity contribution is 0.0267. The molecular formula is C15H20BrFN2O2. The molecule has 0 bridgehead atoms. The monoisotopic (exact) mass is 358 g/mol. The number of rotatable bonds is 5. The first-order valence-electron chi connectivity index (χ1n) is 7.16. The number of nitrogens with two attached hydrogens (primary N) is 1. The molecule has 0 aromatic heterocycles. The molecule has 4 nitrogen and oxygen atoms in total. The van der Waals surface area contributed by atoms with Gasteiger partial charge >= 0.3 is 0 Å². The fraction of sp³-hybridized carbons (Fsp3) is 0.533. The summed E-state index contributed by atoms with van der Waals surface area (Å²) in [6, 6.07) is 4.50. The highest BCUT2D eigenvalue weighted by Crippen LogP contribution is 2.19. The zero-order chi connectivity index (χ0) is 15.2. The van der Waals surface area contributed by atoms with E-state index in [1.165, 1.54) is 18.2 Å². The molecule has 0 saturated heterocycles. The van der Waals surface area contributed by atoms with Crippen molar-refractivity contribution in [2.75, 3.05) is 13.2 Å². The summed E-state index contributed by atoms with van der Waals surface area (Å²) in [5.41, 5.74) is 6.26. The lowest BCUT2D eigenvalue weighted by Crippen LogP contribution is -2.33. The van der Waals surface area contributed by atoms with Crippen LogP contribution in [0.5, 0.6) is 0 Å². The molecule has 21 heavy (non-hydrogen) atoms. The second-order valence-corrected chi connectivity index (χ2v) is 6.15. The van der Waals surface area contributed by atoms with E-state index in [-0.39, 0.29) is 22.3 Å². The first kappa shape index (κ1) is 16.4. The topological polar surface area (TPSA) is 64.3 Å². The predicted octanol–water partition coefficient (Wildman–Crippen LogP) is 2.60. The van der Waals surface area contributed by atoms with Crippen LogP contribution >= 0.6 is 15.9 Å². The van der Waals surface area contributed by atoms with Crippen molar-refractivity contribution in [3.05, 3.63) is 34.1 Å². The number of benzene rings is 1. The van der Waals surface area contributed by atoms with Crippen molar-refractivity contribution in [1.82, 2.24) is 5.32 Å². The minimum absolute atomic E-state index is 0.232. The molecule has 1 aromatic rings. The summed E-state index contributed by atoms with van der Waals surface area (Å²) in [5.74, 6) is -0.615. The number of amides is 1. The number of carbonyl (C=O) groups is 1. The van der Waals surface area contributed by atoms with E-state index in [1.807, 2.05) is 0 Å². The van der Waals surface area contributed by atoms with E-state index in [0.717, 1.165) is 25.7 Å². The van der Waals surface area contributed by atoms with Crippen LogP contribution in [0.3, 0.4) is 0 Å². The molecule has 1 aromatic carbocycles. The molecule has 0 unspecified atom stereocenters. The Hall–Kier alpha value is -0.980. The minimum atomic E-state index is -0.384. The third kappa shape index (κ3) is 5.05. The smallest absolute Gasteiger partial charge is 0.251 e. The van der Waals surface area contributed by atoms with Crippen LogP contribution in [0.15, 0.2) is 22.7 Å². The Morgan fingerprint density at radius 2 is 2.10 bits per heavy atom. The Morgan fingerprint density at radius 3 is 2.76 bits per heavy atom. The quantitative estimate of drug-likeness (QED) is 0.795. The molecule has 1 amide bonds. The summed E-state index contributed by atoms with van der Waals surface area (Å²) in [4.78, 5) is 11.9. The normalized spacial score (nSPS) is 22.0. The van der Waals surface area contributed by atoms with Crippen LogP contribution in [-0.2, 0) is 4.74 Å². The zero-order valence-corrected chi connectivity index (χ0v) is 13.4. The van der Waals surface area contributed by atoms with Crippen molar-refractivity contribution in [2.24, 2.45) is 5.73 Å². The maximum Gasteiger partial charge on any atom is 0.251 e. The van der Waals surface area contributed by atoms with Gasteiger partial charge in [-0.25, -0.2) is 4.39 Å². The summed E-state index contributed by atoms with van der Waals surface area (Å²) >= 11 is 3.06. The molecule has 1 aliphatic rings. The second kappa shape index (κ2) is 7.87. The number of nitrogens with one attached hydrogen (secondary N) is 1. The van der Waals surface area contributed by atoms with Crippen LogP contribution < -0.4 is 11.1 Å². The summed E-state index contributed by atoms with van der Waals surface area (Å²) in [7, 11) is 0. The maximum atomic E-state index is 13.1. The van der Waals surface area contributed by atoms with Gasteiger partial charge in [0, 0.05) is 18.2 Å². The Morgan fingerprint density at radius 1 is 1.38 bits per heavy atom. The van der Waals surface area contributed by atoms with Gasteiger partial charge in [-0.05, 0) is 59.8 Å². The van der Waals surface area contributed by atoms with E-state index < -0.39 is 0 Å². The number of carbonyl (C=O) groups excluding carboxylic acids is 1. The molecule has 0 radical (unpaired) electrons. The zero-order valence-electron chi connectivity index (χ0n) is 11.8. The van der Waals surface area contributed by atoms with Crippen LogP contribution in [0.4, 0.5) is 4.39 Å². The SMILES string of the molecule is NC1CCC(OCCNC(=O)c2ccc(F)c(Br)c2)CC1. The average molecular weight is 359 g/mol. The van der Waals surface area contributed by atoms with E-state index in [0.29, 0.717) is 24.8 Å². The summed E-state index contributed by atoms with van der Waals surface area (Å²) in [6.07, 6.45) is 4.23. The molecule has 116 valence electrons. The maximum absolute atomic E-state index is 13.1. The Balaban J connectivity index is 1.68. The molecule has 1 aliphatic carbocycles. The van der Waals surface area contributed by atoms with Crippen LogP contribution in [0.2, 0.25) is 0 Å². The Bertz CT molecular complexity index is 491. The first-order chi connectivity index (χ1) is 10.1. The summed E-state index contributed by atoms with van der Waals surface area (Å²) < 4.78 is 19.1. The molecule has 6 heteroatoms. The van der Waals surface area contributed by atoms with Crippen molar-refractivity contribution in [3.63, 3.8) is 0 Å².